The van der Waals surface area contributed by atoms with Gasteiger partial charge in [0.15, 0.2) is 0 Å². The third kappa shape index (κ3) is 5.86. The van der Waals surface area contributed by atoms with E-state index in [4.69, 9.17) is 15.5 Å². The molecule has 4 nitrogen and oxygen atoms in total. The Hall–Kier alpha value is -2.75. The van der Waals surface area contributed by atoms with Gasteiger partial charge in [-0.25, -0.2) is 4.98 Å². The number of nitrogens with two attached hydrogens (primary N) is 1. The number of anilines is 1. The molecule has 0 fully saturated rings. The van der Waals surface area contributed by atoms with Crippen LogP contribution in [0.4, 0.5) is 5.95 Å². The number of hydrogen-bond acceptors (Lipinski definition) is 3. The van der Waals surface area contributed by atoms with Crippen LogP contribution in [0, 0.1) is 5.92 Å². The van der Waals surface area contributed by atoms with Crippen molar-refractivity contribution in [3.63, 3.8) is 0 Å². The Morgan fingerprint density at radius 3 is 2.38 bits per heavy atom. The molecule has 3 rings (SSSR count). The Kier molecular flexibility index (Phi) is 7.34. The zero-order valence-electron chi connectivity index (χ0n) is 17.9. The standard InChI is InChI=1S/C25H33N3O/c1-4-5-15-29-22-13-11-20(12-14-22)17-23-24(16-19(2)3)28(25(26)27-23)18-21-9-7-6-8-10-21/h6-14,19H,4-5,15-18H2,1-3H3,(H2,26,27). The number of hydrogen-bond donors (Lipinski definition) is 1. The van der Waals surface area contributed by atoms with Crippen molar-refractivity contribution in [3.05, 3.63) is 77.1 Å². The summed E-state index contributed by atoms with van der Waals surface area (Å²) in [4.78, 5) is 4.75. The molecule has 3 aromatic rings. The van der Waals surface area contributed by atoms with Gasteiger partial charge in [-0.2, -0.15) is 0 Å². The van der Waals surface area contributed by atoms with E-state index >= 15 is 0 Å². The van der Waals surface area contributed by atoms with E-state index in [0.717, 1.165) is 50.3 Å². The lowest BCUT2D eigenvalue weighted by atomic mass is 10.0. The number of ether oxygens (including phenoxy) is 1. The highest BCUT2D eigenvalue weighted by atomic mass is 16.5. The molecule has 0 unspecified atom stereocenters. The van der Waals surface area contributed by atoms with Gasteiger partial charge in [0, 0.05) is 12.1 Å². The van der Waals surface area contributed by atoms with Gasteiger partial charge in [-0.3, -0.25) is 0 Å². The van der Waals surface area contributed by atoms with Crippen LogP contribution in [-0.4, -0.2) is 16.2 Å². The van der Waals surface area contributed by atoms with Gasteiger partial charge in [0.05, 0.1) is 18.8 Å². The van der Waals surface area contributed by atoms with Crippen molar-refractivity contribution in [3.8, 4) is 5.75 Å². The van der Waals surface area contributed by atoms with Gasteiger partial charge >= 0.3 is 0 Å². The Morgan fingerprint density at radius 1 is 1.00 bits per heavy atom. The molecule has 2 N–H and O–H groups in total. The normalized spacial score (nSPS) is 11.2. The summed E-state index contributed by atoms with van der Waals surface area (Å²) in [7, 11) is 0. The molecule has 0 aliphatic carbocycles. The number of rotatable bonds is 10. The average Bonchev–Trinajstić information content (AvgIpc) is 2.98. The zero-order chi connectivity index (χ0) is 20.6. The van der Waals surface area contributed by atoms with E-state index in [2.05, 4.69) is 73.9 Å². The van der Waals surface area contributed by atoms with Crippen LogP contribution in [0.25, 0.3) is 0 Å². The van der Waals surface area contributed by atoms with E-state index < -0.39 is 0 Å². The Bertz CT molecular complexity index is 882. The molecule has 0 spiro atoms. The predicted octanol–water partition coefficient (Wildman–Crippen LogP) is 5.48. The Morgan fingerprint density at radius 2 is 1.72 bits per heavy atom. The number of imidazole rings is 1. The highest BCUT2D eigenvalue weighted by Gasteiger charge is 2.17. The van der Waals surface area contributed by atoms with Gasteiger partial charge in [-0.15, -0.1) is 0 Å². The average molecular weight is 392 g/mol. The molecule has 4 heteroatoms. The maximum atomic E-state index is 6.34. The summed E-state index contributed by atoms with van der Waals surface area (Å²) >= 11 is 0. The minimum Gasteiger partial charge on any atom is -0.494 e. The number of benzene rings is 2. The minimum absolute atomic E-state index is 0.536. The SMILES string of the molecule is CCCCOc1ccc(Cc2nc(N)n(Cc3ccccc3)c2CC(C)C)cc1. The van der Waals surface area contributed by atoms with Crippen LogP contribution in [0.2, 0.25) is 0 Å². The van der Waals surface area contributed by atoms with Crippen LogP contribution >= 0.6 is 0 Å². The first-order chi connectivity index (χ1) is 14.1. The molecule has 1 aromatic heterocycles. The second-order valence-electron chi connectivity index (χ2n) is 8.06. The van der Waals surface area contributed by atoms with Crippen molar-refractivity contribution in [2.45, 2.75) is 53.0 Å². The topological polar surface area (TPSA) is 53.1 Å². The van der Waals surface area contributed by atoms with Crippen LogP contribution in [-0.2, 0) is 19.4 Å². The lowest BCUT2D eigenvalue weighted by Crippen LogP contribution is -2.11. The van der Waals surface area contributed by atoms with Crippen LogP contribution < -0.4 is 10.5 Å². The maximum Gasteiger partial charge on any atom is 0.200 e. The van der Waals surface area contributed by atoms with Crippen molar-refractivity contribution in [2.75, 3.05) is 12.3 Å². The third-order valence-corrected chi connectivity index (χ3v) is 5.03. The third-order valence-electron chi connectivity index (χ3n) is 5.03. The first-order valence-electron chi connectivity index (χ1n) is 10.7. The first kappa shape index (κ1) is 21.0. The zero-order valence-corrected chi connectivity index (χ0v) is 17.9. The Balaban J connectivity index is 1.80. The van der Waals surface area contributed by atoms with Gasteiger partial charge in [0.1, 0.15) is 5.75 Å². The molecule has 0 bridgehead atoms. The lowest BCUT2D eigenvalue weighted by molar-refractivity contribution is 0.309. The molecule has 0 amide bonds. The van der Waals surface area contributed by atoms with E-state index in [1.165, 1.54) is 16.8 Å². The molecule has 0 aliphatic heterocycles. The van der Waals surface area contributed by atoms with E-state index in [9.17, 15) is 0 Å². The van der Waals surface area contributed by atoms with Gasteiger partial charge in [-0.05, 0) is 42.0 Å². The van der Waals surface area contributed by atoms with Crippen molar-refractivity contribution in [1.82, 2.24) is 9.55 Å². The highest BCUT2D eigenvalue weighted by Crippen LogP contribution is 2.23. The van der Waals surface area contributed by atoms with E-state index in [1.54, 1.807) is 0 Å². The number of unbranched alkanes of at least 4 members (excludes halogenated alkanes) is 1. The second kappa shape index (κ2) is 10.1. The summed E-state index contributed by atoms with van der Waals surface area (Å²) in [5.74, 6) is 2.06. The summed E-state index contributed by atoms with van der Waals surface area (Å²) < 4.78 is 7.95. The highest BCUT2D eigenvalue weighted by molar-refractivity contribution is 5.36. The molecule has 0 radical (unpaired) electrons. The quantitative estimate of drug-likeness (QED) is 0.466. The largest absolute Gasteiger partial charge is 0.494 e. The molecule has 0 saturated heterocycles. The monoisotopic (exact) mass is 391 g/mol. The molecule has 154 valence electrons. The molecule has 2 aromatic carbocycles. The molecule has 1 heterocycles. The van der Waals surface area contributed by atoms with Gasteiger partial charge in [-0.1, -0.05) is 69.7 Å². The fourth-order valence-corrected chi connectivity index (χ4v) is 3.49. The lowest BCUT2D eigenvalue weighted by Gasteiger charge is -2.13. The van der Waals surface area contributed by atoms with Crippen LogP contribution in [0.1, 0.15) is 56.1 Å². The summed E-state index contributed by atoms with van der Waals surface area (Å²) in [6.45, 7) is 8.18. The maximum absolute atomic E-state index is 6.34. The summed E-state index contributed by atoms with van der Waals surface area (Å²) in [6, 6.07) is 18.8. The first-order valence-corrected chi connectivity index (χ1v) is 10.7. The van der Waals surface area contributed by atoms with E-state index in [0.29, 0.717) is 11.9 Å². The van der Waals surface area contributed by atoms with Crippen LogP contribution in [0.5, 0.6) is 5.75 Å². The van der Waals surface area contributed by atoms with E-state index in [1.807, 2.05) is 6.07 Å². The second-order valence-corrected chi connectivity index (χ2v) is 8.06. The van der Waals surface area contributed by atoms with Crippen molar-refractivity contribution < 1.29 is 4.74 Å². The van der Waals surface area contributed by atoms with Gasteiger partial charge in [0.2, 0.25) is 5.95 Å². The van der Waals surface area contributed by atoms with E-state index in [-0.39, 0.29) is 0 Å². The molecular formula is C25H33N3O. The van der Waals surface area contributed by atoms with Gasteiger partial charge < -0.3 is 15.0 Å². The fraction of sp³-hybridized carbons (Fsp3) is 0.400. The summed E-state index contributed by atoms with van der Waals surface area (Å²) in [5, 5.41) is 0. The number of nitrogens with zero attached hydrogens (tertiary/aromatic N) is 2. The number of aromatic nitrogens is 2. The van der Waals surface area contributed by atoms with Gasteiger partial charge in [0.25, 0.3) is 0 Å². The fourth-order valence-electron chi connectivity index (χ4n) is 3.49. The molecule has 0 saturated carbocycles. The molecule has 29 heavy (non-hydrogen) atoms. The van der Waals surface area contributed by atoms with Crippen molar-refractivity contribution in [2.24, 2.45) is 5.92 Å². The molecular weight excluding hydrogens is 358 g/mol. The summed E-state index contributed by atoms with van der Waals surface area (Å²) in [5.41, 5.74) is 11.1. The van der Waals surface area contributed by atoms with Crippen molar-refractivity contribution in [1.29, 1.82) is 0 Å². The summed E-state index contributed by atoms with van der Waals surface area (Å²) in [6.07, 6.45) is 3.97. The number of nitrogen functional groups attached to an aromatic ring is 1. The smallest absolute Gasteiger partial charge is 0.200 e. The van der Waals surface area contributed by atoms with Crippen molar-refractivity contribution >= 4 is 5.95 Å². The Labute approximate surface area is 174 Å². The minimum atomic E-state index is 0.536. The predicted molar refractivity (Wildman–Crippen MR) is 120 cm³/mol. The van der Waals surface area contributed by atoms with Crippen LogP contribution in [0.15, 0.2) is 54.6 Å². The molecule has 0 aliphatic rings. The van der Waals surface area contributed by atoms with Crippen LogP contribution in [0.3, 0.4) is 0 Å². The molecule has 0 atom stereocenters.